The van der Waals surface area contributed by atoms with Crippen LogP contribution in [-0.4, -0.2) is 10.9 Å². The van der Waals surface area contributed by atoms with Gasteiger partial charge in [-0.1, -0.05) is 38.4 Å². The summed E-state index contributed by atoms with van der Waals surface area (Å²) in [5.41, 5.74) is 4.94. The Morgan fingerprint density at radius 2 is 1.75 bits per heavy atom. The van der Waals surface area contributed by atoms with Crippen LogP contribution in [0, 0.1) is 5.82 Å². The van der Waals surface area contributed by atoms with Crippen LogP contribution in [0.5, 0.6) is 0 Å². The zero-order chi connectivity index (χ0) is 22.9. The number of carbonyl (C=O) groups is 1. The molecule has 1 N–H and O–H groups in total. The number of carbonyl (C=O) groups excluding carboxylic acids is 1. The summed E-state index contributed by atoms with van der Waals surface area (Å²) in [6, 6.07) is 17.1. The van der Waals surface area contributed by atoms with Crippen LogP contribution in [0.25, 0.3) is 21.6 Å². The van der Waals surface area contributed by atoms with Gasteiger partial charge < -0.3 is 5.32 Å². The largest absolute Gasteiger partial charge is 0.322 e. The molecule has 0 spiro atoms. The molecule has 0 atom stereocenters. The second-order valence-corrected chi connectivity index (χ2v) is 9.85. The molecule has 1 amide bonds. The van der Waals surface area contributed by atoms with Gasteiger partial charge in [-0.15, -0.1) is 11.3 Å². The van der Waals surface area contributed by atoms with Crippen molar-refractivity contribution in [2.75, 3.05) is 5.32 Å². The molecule has 32 heavy (non-hydrogen) atoms. The van der Waals surface area contributed by atoms with E-state index in [0.29, 0.717) is 16.3 Å². The van der Waals surface area contributed by atoms with Crippen LogP contribution in [0.2, 0.25) is 5.02 Å². The summed E-state index contributed by atoms with van der Waals surface area (Å²) >= 11 is 8.18. The molecule has 0 aliphatic heterocycles. The van der Waals surface area contributed by atoms with Crippen molar-refractivity contribution in [2.24, 2.45) is 0 Å². The van der Waals surface area contributed by atoms with Crippen LogP contribution >= 0.6 is 22.9 Å². The molecule has 3 nitrogen and oxygen atoms in total. The zero-order valence-electron chi connectivity index (χ0n) is 17.9. The maximum atomic E-state index is 13.1. The maximum absolute atomic E-state index is 13.1. The number of hydrogen-bond donors (Lipinski definition) is 1. The minimum absolute atomic E-state index is 0.0241. The van der Waals surface area contributed by atoms with E-state index >= 15 is 0 Å². The number of rotatable bonds is 4. The average Bonchev–Trinajstić information content (AvgIpc) is 3.25. The van der Waals surface area contributed by atoms with Crippen LogP contribution in [0.1, 0.15) is 36.8 Å². The fourth-order valence-electron chi connectivity index (χ4n) is 3.25. The summed E-state index contributed by atoms with van der Waals surface area (Å²) < 4.78 is 13.1. The first kappa shape index (κ1) is 22.2. The number of nitrogens with zero attached hydrogens (tertiary/aromatic N) is 1. The highest BCUT2D eigenvalue weighted by Gasteiger charge is 2.17. The van der Waals surface area contributed by atoms with Gasteiger partial charge in [-0.05, 0) is 71.1 Å². The third kappa shape index (κ3) is 4.90. The van der Waals surface area contributed by atoms with Crippen molar-refractivity contribution in [1.82, 2.24) is 4.98 Å². The van der Waals surface area contributed by atoms with Gasteiger partial charge >= 0.3 is 0 Å². The lowest BCUT2D eigenvalue weighted by Gasteiger charge is -2.17. The standard InChI is InChI=1S/C26H22ClFN2OS/c1-26(2,3)24-14-16(10-11-29-24)23-13-18(15-32-23)21-9-4-17(12-22(21)27)25(31)30-20-7-5-19(28)6-8-20/h4-15H,1-3H3,(H,30,31). The molecule has 6 heteroatoms. The van der Waals surface area contributed by atoms with Crippen molar-refractivity contribution in [3.8, 4) is 21.6 Å². The predicted octanol–water partition coefficient (Wildman–Crippen LogP) is 7.82. The van der Waals surface area contributed by atoms with Crippen molar-refractivity contribution in [1.29, 1.82) is 0 Å². The number of hydrogen-bond acceptors (Lipinski definition) is 3. The van der Waals surface area contributed by atoms with E-state index < -0.39 is 0 Å². The fraction of sp³-hybridized carbons (Fsp3) is 0.154. The number of amides is 1. The maximum Gasteiger partial charge on any atom is 0.255 e. The number of nitrogens with one attached hydrogen (secondary N) is 1. The molecule has 0 unspecified atom stereocenters. The molecule has 0 aliphatic carbocycles. The van der Waals surface area contributed by atoms with Crippen molar-refractivity contribution in [3.63, 3.8) is 0 Å². The Balaban J connectivity index is 1.56. The smallest absolute Gasteiger partial charge is 0.255 e. The summed E-state index contributed by atoms with van der Waals surface area (Å²) in [5, 5.41) is 5.30. The van der Waals surface area contributed by atoms with Crippen molar-refractivity contribution < 1.29 is 9.18 Å². The van der Waals surface area contributed by atoms with E-state index in [9.17, 15) is 9.18 Å². The minimum atomic E-state index is -0.355. The third-order valence-corrected chi connectivity index (χ3v) is 6.35. The highest BCUT2D eigenvalue weighted by Crippen LogP contribution is 2.37. The summed E-state index contributed by atoms with van der Waals surface area (Å²) in [6.07, 6.45) is 1.84. The van der Waals surface area contributed by atoms with E-state index in [1.807, 2.05) is 18.3 Å². The normalized spacial score (nSPS) is 11.4. The third-order valence-electron chi connectivity index (χ3n) is 5.06. The van der Waals surface area contributed by atoms with Crippen molar-refractivity contribution in [2.45, 2.75) is 26.2 Å². The highest BCUT2D eigenvalue weighted by molar-refractivity contribution is 7.14. The molecule has 0 saturated heterocycles. The summed E-state index contributed by atoms with van der Waals surface area (Å²) in [7, 11) is 0. The molecule has 4 rings (SSSR count). The number of thiophene rings is 1. The first-order valence-electron chi connectivity index (χ1n) is 10.1. The molecule has 2 heterocycles. The van der Waals surface area contributed by atoms with Crippen LogP contribution < -0.4 is 5.32 Å². The monoisotopic (exact) mass is 464 g/mol. The van der Waals surface area contributed by atoms with Gasteiger partial charge in [-0.2, -0.15) is 0 Å². The molecule has 0 aliphatic rings. The van der Waals surface area contributed by atoms with E-state index in [2.05, 4.69) is 48.6 Å². The second kappa shape index (κ2) is 8.85. The van der Waals surface area contributed by atoms with Gasteiger partial charge in [0.15, 0.2) is 0 Å². The minimum Gasteiger partial charge on any atom is -0.322 e. The van der Waals surface area contributed by atoms with E-state index in [4.69, 9.17) is 11.6 Å². The lowest BCUT2D eigenvalue weighted by molar-refractivity contribution is 0.102. The quantitative estimate of drug-likeness (QED) is 0.334. The Labute approximate surface area is 195 Å². The van der Waals surface area contributed by atoms with Crippen LogP contribution in [0.3, 0.4) is 0 Å². The number of pyridine rings is 1. The second-order valence-electron chi connectivity index (χ2n) is 8.54. The summed E-state index contributed by atoms with van der Waals surface area (Å²) in [5.74, 6) is -0.658. The average molecular weight is 465 g/mol. The van der Waals surface area contributed by atoms with E-state index in [1.54, 1.807) is 23.5 Å². The van der Waals surface area contributed by atoms with E-state index in [0.717, 1.165) is 27.3 Å². The van der Waals surface area contributed by atoms with Gasteiger partial charge in [-0.3, -0.25) is 9.78 Å². The Morgan fingerprint density at radius 3 is 2.44 bits per heavy atom. The lowest BCUT2D eigenvalue weighted by Crippen LogP contribution is -2.13. The lowest BCUT2D eigenvalue weighted by atomic mass is 9.90. The predicted molar refractivity (Wildman–Crippen MR) is 131 cm³/mol. The molecule has 2 aromatic heterocycles. The van der Waals surface area contributed by atoms with Gasteiger partial charge in [0.25, 0.3) is 5.91 Å². The molecule has 0 saturated carbocycles. The molecule has 162 valence electrons. The molecule has 2 aromatic carbocycles. The number of halogens is 2. The van der Waals surface area contributed by atoms with E-state index in [-0.39, 0.29) is 17.1 Å². The topological polar surface area (TPSA) is 42.0 Å². The Kier molecular flexibility index (Phi) is 6.13. The number of aromatic nitrogens is 1. The van der Waals surface area contributed by atoms with Gasteiger partial charge in [-0.25, -0.2) is 4.39 Å². The Morgan fingerprint density at radius 1 is 1.00 bits per heavy atom. The Bertz CT molecular complexity index is 1280. The van der Waals surface area contributed by atoms with Gasteiger partial charge in [0.1, 0.15) is 5.82 Å². The SMILES string of the molecule is CC(C)(C)c1cc(-c2cc(-c3ccc(C(=O)Nc4ccc(F)cc4)cc3Cl)cs2)ccn1. The first-order chi connectivity index (χ1) is 15.2. The first-order valence-corrected chi connectivity index (χ1v) is 11.4. The molecular weight excluding hydrogens is 443 g/mol. The summed E-state index contributed by atoms with van der Waals surface area (Å²) in [4.78, 5) is 18.2. The van der Waals surface area contributed by atoms with E-state index in [1.165, 1.54) is 24.3 Å². The zero-order valence-corrected chi connectivity index (χ0v) is 19.5. The number of anilines is 1. The summed E-state index contributed by atoms with van der Waals surface area (Å²) in [6.45, 7) is 6.44. The molecule has 4 aromatic rings. The van der Waals surface area contributed by atoms with Crippen molar-refractivity contribution in [3.05, 3.63) is 94.3 Å². The van der Waals surface area contributed by atoms with Crippen LogP contribution in [0.15, 0.2) is 72.2 Å². The molecule has 0 radical (unpaired) electrons. The van der Waals surface area contributed by atoms with Crippen LogP contribution in [-0.2, 0) is 5.41 Å². The number of benzene rings is 2. The van der Waals surface area contributed by atoms with Gasteiger partial charge in [0, 0.05) is 44.0 Å². The van der Waals surface area contributed by atoms with Crippen molar-refractivity contribution >= 4 is 34.5 Å². The Hall–Kier alpha value is -3.02. The molecule has 0 fully saturated rings. The van der Waals surface area contributed by atoms with Gasteiger partial charge in [0.05, 0.1) is 0 Å². The fourth-order valence-corrected chi connectivity index (χ4v) is 4.45. The highest BCUT2D eigenvalue weighted by atomic mass is 35.5. The van der Waals surface area contributed by atoms with Crippen LogP contribution in [0.4, 0.5) is 10.1 Å². The molecular formula is C26H22ClFN2OS. The van der Waals surface area contributed by atoms with Gasteiger partial charge in [0.2, 0.25) is 0 Å². The molecule has 0 bridgehead atoms.